The van der Waals surface area contributed by atoms with Gasteiger partial charge in [-0.1, -0.05) is 6.07 Å². The van der Waals surface area contributed by atoms with Crippen LogP contribution in [0.25, 0.3) is 0 Å². The van der Waals surface area contributed by atoms with E-state index < -0.39 is 0 Å². The van der Waals surface area contributed by atoms with Gasteiger partial charge in [-0.05, 0) is 48.9 Å². The minimum absolute atomic E-state index is 0.0393. The second-order valence-corrected chi connectivity index (χ2v) is 6.50. The lowest BCUT2D eigenvalue weighted by molar-refractivity contribution is -0.133. The number of carbonyl (C=O) groups is 1. The van der Waals surface area contributed by atoms with E-state index in [-0.39, 0.29) is 18.0 Å². The van der Waals surface area contributed by atoms with Crippen LogP contribution in [0.1, 0.15) is 49.3 Å². The second-order valence-electron chi connectivity index (χ2n) is 6.50. The van der Waals surface area contributed by atoms with Crippen LogP contribution in [-0.4, -0.2) is 29.5 Å². The van der Waals surface area contributed by atoms with Crippen LogP contribution in [0.4, 0.5) is 0 Å². The van der Waals surface area contributed by atoms with Gasteiger partial charge in [-0.25, -0.2) is 0 Å². The van der Waals surface area contributed by atoms with Gasteiger partial charge in [0, 0.05) is 24.9 Å². The van der Waals surface area contributed by atoms with Crippen LogP contribution in [0.2, 0.25) is 0 Å². The zero-order chi connectivity index (χ0) is 14.4. The summed E-state index contributed by atoms with van der Waals surface area (Å²) in [6.45, 7) is 0.765. The summed E-state index contributed by atoms with van der Waals surface area (Å²) in [5, 5.41) is 0. The van der Waals surface area contributed by atoms with E-state index in [0.29, 0.717) is 12.5 Å². The number of carbonyl (C=O) groups excluding carboxylic acids is 1. The molecule has 4 heteroatoms. The molecule has 2 unspecified atom stereocenters. The van der Waals surface area contributed by atoms with Gasteiger partial charge in [-0.3, -0.25) is 4.79 Å². The number of amides is 1. The van der Waals surface area contributed by atoms with E-state index in [4.69, 9.17) is 10.5 Å². The summed E-state index contributed by atoms with van der Waals surface area (Å²) in [6, 6.07) is 6.85. The summed E-state index contributed by atoms with van der Waals surface area (Å²) < 4.78 is 5.59. The highest BCUT2D eigenvalue weighted by atomic mass is 16.5. The monoisotopic (exact) mass is 286 g/mol. The number of rotatable bonds is 2. The molecule has 0 aromatic heterocycles. The molecule has 21 heavy (non-hydrogen) atoms. The number of nitrogens with zero attached hydrogens (tertiary/aromatic N) is 1. The highest BCUT2D eigenvalue weighted by molar-refractivity contribution is 5.78. The summed E-state index contributed by atoms with van der Waals surface area (Å²) in [5.41, 5.74) is 8.89. The SMILES string of the molecule is NC1CCCC(=O)N(C2CC2)C1c1ccc2c(c1)CCO2. The Morgan fingerprint density at radius 2 is 2.05 bits per heavy atom. The Labute approximate surface area is 125 Å². The number of likely N-dealkylation sites (tertiary alicyclic amines) is 1. The number of fused-ring (bicyclic) bond motifs is 1. The van der Waals surface area contributed by atoms with E-state index in [1.807, 2.05) is 6.07 Å². The van der Waals surface area contributed by atoms with Crippen molar-refractivity contribution in [3.05, 3.63) is 29.3 Å². The Kier molecular flexibility index (Phi) is 3.14. The molecule has 1 amide bonds. The molecule has 1 aromatic rings. The van der Waals surface area contributed by atoms with Crippen molar-refractivity contribution in [1.82, 2.24) is 4.90 Å². The lowest BCUT2D eigenvalue weighted by atomic mass is 9.94. The zero-order valence-electron chi connectivity index (χ0n) is 12.3. The van der Waals surface area contributed by atoms with Crippen LogP contribution in [-0.2, 0) is 11.2 Å². The van der Waals surface area contributed by atoms with Gasteiger partial charge >= 0.3 is 0 Å². The summed E-state index contributed by atoms with van der Waals surface area (Å²) in [7, 11) is 0. The molecule has 112 valence electrons. The van der Waals surface area contributed by atoms with Gasteiger partial charge in [-0.2, -0.15) is 0 Å². The van der Waals surface area contributed by atoms with Crippen molar-refractivity contribution in [3.63, 3.8) is 0 Å². The minimum Gasteiger partial charge on any atom is -0.493 e. The van der Waals surface area contributed by atoms with E-state index in [1.165, 1.54) is 11.1 Å². The first-order valence-electron chi connectivity index (χ1n) is 8.06. The van der Waals surface area contributed by atoms with Crippen molar-refractivity contribution in [2.45, 2.75) is 56.7 Å². The maximum absolute atomic E-state index is 12.5. The molecular weight excluding hydrogens is 264 g/mol. The Hall–Kier alpha value is -1.55. The van der Waals surface area contributed by atoms with Crippen molar-refractivity contribution in [1.29, 1.82) is 0 Å². The van der Waals surface area contributed by atoms with Gasteiger partial charge in [0.1, 0.15) is 5.75 Å². The molecule has 2 atom stereocenters. The largest absolute Gasteiger partial charge is 0.493 e. The lowest BCUT2D eigenvalue weighted by Gasteiger charge is -2.34. The molecule has 1 saturated carbocycles. The first-order chi connectivity index (χ1) is 10.2. The van der Waals surface area contributed by atoms with Crippen LogP contribution >= 0.6 is 0 Å². The van der Waals surface area contributed by atoms with Crippen LogP contribution in [0, 0.1) is 0 Å². The predicted molar refractivity (Wildman–Crippen MR) is 80.1 cm³/mol. The average molecular weight is 286 g/mol. The zero-order valence-corrected chi connectivity index (χ0v) is 12.3. The maximum atomic E-state index is 12.5. The summed E-state index contributed by atoms with van der Waals surface area (Å²) in [6.07, 6.45) is 5.70. The molecule has 3 aliphatic rings. The molecule has 1 aliphatic carbocycles. The van der Waals surface area contributed by atoms with Crippen LogP contribution in [0.5, 0.6) is 5.75 Å². The van der Waals surface area contributed by atoms with Gasteiger partial charge in [0.25, 0.3) is 0 Å². The van der Waals surface area contributed by atoms with E-state index in [1.54, 1.807) is 0 Å². The van der Waals surface area contributed by atoms with E-state index in [2.05, 4.69) is 17.0 Å². The van der Waals surface area contributed by atoms with Crippen LogP contribution in [0.15, 0.2) is 18.2 Å². The van der Waals surface area contributed by atoms with Gasteiger partial charge in [0.2, 0.25) is 5.91 Å². The van der Waals surface area contributed by atoms with Crippen LogP contribution in [0.3, 0.4) is 0 Å². The topological polar surface area (TPSA) is 55.6 Å². The molecule has 1 saturated heterocycles. The smallest absolute Gasteiger partial charge is 0.223 e. The Balaban J connectivity index is 1.73. The standard InChI is InChI=1S/C17H22N2O2/c18-14-2-1-3-16(20)19(13-5-6-13)17(14)12-4-7-15-11(10-12)8-9-21-15/h4,7,10,13-14,17H,1-3,5-6,8-9,18H2. The number of hydrogen-bond donors (Lipinski definition) is 1. The molecule has 0 spiro atoms. The van der Waals surface area contributed by atoms with Gasteiger partial charge in [0.05, 0.1) is 12.6 Å². The van der Waals surface area contributed by atoms with Gasteiger partial charge < -0.3 is 15.4 Å². The molecule has 2 fully saturated rings. The fraction of sp³-hybridized carbons (Fsp3) is 0.588. The Bertz CT molecular complexity index is 568. The third kappa shape index (κ3) is 2.31. The third-order valence-corrected chi connectivity index (χ3v) is 4.92. The molecule has 1 aromatic carbocycles. The number of nitrogens with two attached hydrogens (primary N) is 1. The van der Waals surface area contributed by atoms with E-state index >= 15 is 0 Å². The number of ether oxygens (including phenoxy) is 1. The van der Waals surface area contributed by atoms with Crippen molar-refractivity contribution < 1.29 is 9.53 Å². The normalized spacial score (nSPS) is 29.0. The molecule has 4 nitrogen and oxygen atoms in total. The number of hydrogen-bond acceptors (Lipinski definition) is 3. The number of benzene rings is 1. The molecule has 2 heterocycles. The highest BCUT2D eigenvalue weighted by Crippen LogP contribution is 2.40. The first kappa shape index (κ1) is 13.1. The molecule has 4 rings (SSSR count). The second kappa shape index (κ2) is 5.02. The first-order valence-corrected chi connectivity index (χ1v) is 8.06. The average Bonchev–Trinajstić information content (AvgIpc) is 3.21. The van der Waals surface area contributed by atoms with Crippen molar-refractivity contribution in [2.24, 2.45) is 5.73 Å². The Morgan fingerprint density at radius 1 is 1.19 bits per heavy atom. The van der Waals surface area contributed by atoms with Gasteiger partial charge in [-0.15, -0.1) is 0 Å². The van der Waals surface area contributed by atoms with Gasteiger partial charge in [0.15, 0.2) is 0 Å². The summed E-state index contributed by atoms with van der Waals surface area (Å²) in [5.74, 6) is 1.28. The Morgan fingerprint density at radius 3 is 2.86 bits per heavy atom. The van der Waals surface area contributed by atoms with E-state index in [9.17, 15) is 4.79 Å². The summed E-state index contributed by atoms with van der Waals surface area (Å²) in [4.78, 5) is 14.6. The lowest BCUT2D eigenvalue weighted by Crippen LogP contribution is -2.43. The molecule has 0 radical (unpaired) electrons. The predicted octanol–water partition coefficient (Wildman–Crippen LogP) is 2.16. The van der Waals surface area contributed by atoms with Crippen molar-refractivity contribution >= 4 is 5.91 Å². The fourth-order valence-electron chi connectivity index (χ4n) is 3.72. The van der Waals surface area contributed by atoms with Crippen LogP contribution < -0.4 is 10.5 Å². The third-order valence-electron chi connectivity index (χ3n) is 4.92. The van der Waals surface area contributed by atoms with Crippen molar-refractivity contribution in [3.8, 4) is 5.75 Å². The highest BCUT2D eigenvalue weighted by Gasteiger charge is 2.41. The molecule has 0 bridgehead atoms. The molecular formula is C17H22N2O2. The molecule has 2 N–H and O–H groups in total. The summed E-state index contributed by atoms with van der Waals surface area (Å²) >= 11 is 0. The fourth-order valence-corrected chi connectivity index (χ4v) is 3.72. The van der Waals surface area contributed by atoms with Crippen molar-refractivity contribution in [2.75, 3.05) is 6.61 Å². The molecule has 2 aliphatic heterocycles. The minimum atomic E-state index is 0.0393. The maximum Gasteiger partial charge on any atom is 0.223 e. The van der Waals surface area contributed by atoms with E-state index in [0.717, 1.165) is 44.5 Å². The quantitative estimate of drug-likeness (QED) is 0.906.